The van der Waals surface area contributed by atoms with Crippen LogP contribution in [0, 0.1) is 0 Å². The second-order valence-electron chi connectivity index (χ2n) is 5.83. The van der Waals surface area contributed by atoms with Crippen molar-refractivity contribution in [3.8, 4) is 0 Å². The number of carbonyl (C=O) groups excluding carboxylic acids is 1. The average Bonchev–Trinajstić information content (AvgIpc) is 2.80. The zero-order valence-corrected chi connectivity index (χ0v) is 13.6. The fraction of sp³-hybridized carbons (Fsp3) is 0.667. The van der Waals surface area contributed by atoms with Gasteiger partial charge in [0.15, 0.2) is 5.60 Å². The Hall–Kier alpha value is -0.360. The highest BCUT2D eigenvalue weighted by molar-refractivity contribution is 14.1. The van der Waals surface area contributed by atoms with E-state index >= 15 is 0 Å². The number of unbranched alkanes of at least 4 members (excludes halogenated alkanes) is 2. The summed E-state index contributed by atoms with van der Waals surface area (Å²) < 4.78 is 7.01. The zero-order chi connectivity index (χ0) is 13.6. The van der Waals surface area contributed by atoms with Gasteiger partial charge in [0.25, 0.3) is 0 Å². The van der Waals surface area contributed by atoms with Gasteiger partial charge in [-0.1, -0.05) is 32.3 Å². The van der Waals surface area contributed by atoms with Crippen molar-refractivity contribution in [2.24, 2.45) is 0 Å². The quantitative estimate of drug-likeness (QED) is 0.431. The lowest BCUT2D eigenvalue weighted by Gasteiger charge is -2.34. The number of carbonyl (C=O) groups is 1. The number of rotatable bonds is 4. The number of hydrogen-bond acceptors (Lipinski definition) is 3. The summed E-state index contributed by atoms with van der Waals surface area (Å²) in [5, 5.41) is 0. The van der Waals surface area contributed by atoms with Crippen molar-refractivity contribution in [1.82, 2.24) is 4.90 Å². The largest absolute Gasteiger partial charge is 0.449 e. The van der Waals surface area contributed by atoms with Crippen LogP contribution in [0.4, 0.5) is 0 Å². The molecule has 3 atom stereocenters. The number of fused-ring (bicyclic) bond motifs is 1. The lowest BCUT2D eigenvalue weighted by Crippen LogP contribution is -2.45. The van der Waals surface area contributed by atoms with Crippen LogP contribution in [0.5, 0.6) is 0 Å². The summed E-state index contributed by atoms with van der Waals surface area (Å²) >= 11 is 2.35. The standard InChI is InChI=1S/C15H20INO2/c1-3-4-5-6-13-15-9-10(17(13)2)7-12(16)11(15)8-14(18)19-15/h7-8,10,13H,3-6,9H2,1-2H3/t10-,13-,15+/m1/s1. The lowest BCUT2D eigenvalue weighted by molar-refractivity contribution is -0.147. The van der Waals surface area contributed by atoms with Crippen LogP contribution in [0.25, 0.3) is 0 Å². The molecule has 4 heteroatoms. The van der Waals surface area contributed by atoms with Crippen LogP contribution in [0.2, 0.25) is 0 Å². The number of ether oxygens (including phenoxy) is 1. The molecule has 0 amide bonds. The van der Waals surface area contributed by atoms with E-state index in [0.29, 0.717) is 12.1 Å². The Morgan fingerprint density at radius 1 is 1.53 bits per heavy atom. The number of likely N-dealkylation sites (tertiary alicyclic amines) is 1. The van der Waals surface area contributed by atoms with Crippen LogP contribution in [0.15, 0.2) is 21.3 Å². The monoisotopic (exact) mass is 373 g/mol. The molecule has 19 heavy (non-hydrogen) atoms. The van der Waals surface area contributed by atoms with Gasteiger partial charge in [0.2, 0.25) is 0 Å². The van der Waals surface area contributed by atoms with Crippen LogP contribution >= 0.6 is 22.6 Å². The Balaban J connectivity index is 1.91. The highest BCUT2D eigenvalue weighted by Crippen LogP contribution is 2.53. The Labute approximate surface area is 128 Å². The molecule has 0 N–H and O–H groups in total. The first kappa shape index (κ1) is 13.6. The maximum absolute atomic E-state index is 11.8. The minimum absolute atomic E-state index is 0.158. The highest BCUT2D eigenvalue weighted by atomic mass is 127. The van der Waals surface area contributed by atoms with E-state index in [1.54, 1.807) is 6.08 Å². The van der Waals surface area contributed by atoms with Gasteiger partial charge in [-0.2, -0.15) is 0 Å². The lowest BCUT2D eigenvalue weighted by atomic mass is 9.81. The third-order valence-corrected chi connectivity index (χ3v) is 5.68. The maximum atomic E-state index is 11.8. The average molecular weight is 373 g/mol. The summed E-state index contributed by atoms with van der Waals surface area (Å²) in [6, 6.07) is 0.756. The third kappa shape index (κ3) is 1.98. The van der Waals surface area contributed by atoms with Gasteiger partial charge in [0.1, 0.15) is 0 Å². The van der Waals surface area contributed by atoms with Gasteiger partial charge in [-0.05, 0) is 36.1 Å². The van der Waals surface area contributed by atoms with Gasteiger partial charge in [-0.3, -0.25) is 4.90 Å². The molecular weight excluding hydrogens is 353 g/mol. The van der Waals surface area contributed by atoms with Gasteiger partial charge in [0, 0.05) is 27.7 Å². The van der Waals surface area contributed by atoms with Crippen molar-refractivity contribution in [1.29, 1.82) is 0 Å². The molecule has 104 valence electrons. The SMILES string of the molecule is CCCCC[C@H]1N(C)[C@@H]2C=C(I)C3=CC(=O)O[C@@]31C2. The predicted molar refractivity (Wildman–Crippen MR) is 83.1 cm³/mol. The Morgan fingerprint density at radius 3 is 3.05 bits per heavy atom. The third-order valence-electron chi connectivity index (χ3n) is 4.74. The zero-order valence-electron chi connectivity index (χ0n) is 11.5. The predicted octanol–water partition coefficient (Wildman–Crippen LogP) is 3.19. The van der Waals surface area contributed by atoms with E-state index in [1.165, 1.54) is 22.8 Å². The van der Waals surface area contributed by atoms with Gasteiger partial charge in [-0.15, -0.1) is 0 Å². The number of halogens is 1. The van der Waals surface area contributed by atoms with Crippen molar-refractivity contribution < 1.29 is 9.53 Å². The van der Waals surface area contributed by atoms with Crippen molar-refractivity contribution in [2.75, 3.05) is 7.05 Å². The van der Waals surface area contributed by atoms with Crippen LogP contribution in [-0.2, 0) is 9.53 Å². The minimum Gasteiger partial charge on any atom is -0.449 e. The molecule has 3 rings (SSSR count). The van der Waals surface area contributed by atoms with Crippen molar-refractivity contribution in [3.63, 3.8) is 0 Å². The van der Waals surface area contributed by atoms with E-state index in [0.717, 1.165) is 18.4 Å². The van der Waals surface area contributed by atoms with E-state index < -0.39 is 0 Å². The van der Waals surface area contributed by atoms with Gasteiger partial charge in [-0.25, -0.2) is 4.79 Å². The van der Waals surface area contributed by atoms with E-state index in [-0.39, 0.29) is 11.6 Å². The fourth-order valence-electron chi connectivity index (χ4n) is 3.78. The van der Waals surface area contributed by atoms with Crippen molar-refractivity contribution >= 4 is 28.6 Å². The fourth-order valence-corrected chi connectivity index (χ4v) is 4.81. The van der Waals surface area contributed by atoms with E-state index in [1.807, 2.05) is 0 Å². The molecule has 1 spiro atoms. The molecule has 0 aromatic rings. The molecule has 1 aliphatic carbocycles. The molecule has 0 aromatic heterocycles. The summed E-state index contributed by atoms with van der Waals surface area (Å²) in [6.45, 7) is 2.22. The summed E-state index contributed by atoms with van der Waals surface area (Å²) in [6.07, 6.45) is 9.73. The van der Waals surface area contributed by atoms with E-state index in [4.69, 9.17) is 4.74 Å². The van der Waals surface area contributed by atoms with E-state index in [2.05, 4.69) is 47.5 Å². The normalized spacial score (nSPS) is 36.9. The number of hydrogen-bond donors (Lipinski definition) is 0. The molecule has 1 saturated heterocycles. The molecule has 0 unspecified atom stereocenters. The molecular formula is C15H20INO2. The van der Waals surface area contributed by atoms with Crippen molar-refractivity contribution in [2.45, 2.75) is 56.7 Å². The summed E-state index contributed by atoms with van der Waals surface area (Å²) in [4.78, 5) is 14.2. The number of nitrogens with zero attached hydrogens (tertiary/aromatic N) is 1. The van der Waals surface area contributed by atoms with Crippen LogP contribution in [-0.4, -0.2) is 35.6 Å². The molecule has 0 aromatic carbocycles. The van der Waals surface area contributed by atoms with Crippen molar-refractivity contribution in [3.05, 3.63) is 21.3 Å². The first-order valence-electron chi connectivity index (χ1n) is 7.13. The van der Waals surface area contributed by atoms with Crippen LogP contribution in [0.1, 0.15) is 39.0 Å². The first-order valence-corrected chi connectivity index (χ1v) is 8.21. The molecule has 1 fully saturated rings. The molecule has 2 heterocycles. The highest BCUT2D eigenvalue weighted by Gasteiger charge is 2.59. The van der Waals surface area contributed by atoms with E-state index in [9.17, 15) is 4.79 Å². The second kappa shape index (κ2) is 4.88. The molecule has 2 aliphatic heterocycles. The second-order valence-corrected chi connectivity index (χ2v) is 6.99. The Morgan fingerprint density at radius 2 is 2.32 bits per heavy atom. The maximum Gasteiger partial charge on any atom is 0.332 e. The molecule has 3 nitrogen and oxygen atoms in total. The smallest absolute Gasteiger partial charge is 0.332 e. The number of esters is 1. The first-order chi connectivity index (χ1) is 9.08. The topological polar surface area (TPSA) is 29.5 Å². The minimum atomic E-state index is -0.352. The molecule has 2 bridgehead atoms. The van der Waals surface area contributed by atoms with Gasteiger partial charge in [0.05, 0.1) is 6.04 Å². The molecule has 0 radical (unpaired) electrons. The van der Waals surface area contributed by atoms with Crippen LogP contribution in [0.3, 0.4) is 0 Å². The number of likely N-dealkylation sites (N-methyl/N-ethyl adjacent to an activating group) is 1. The summed E-state index contributed by atoms with van der Waals surface area (Å²) in [7, 11) is 2.17. The van der Waals surface area contributed by atoms with Gasteiger partial charge >= 0.3 is 5.97 Å². The summed E-state index contributed by atoms with van der Waals surface area (Å²) in [5.74, 6) is -0.158. The Bertz CT molecular complexity index is 471. The van der Waals surface area contributed by atoms with Crippen LogP contribution < -0.4 is 0 Å². The molecule has 0 saturated carbocycles. The molecule has 3 aliphatic rings. The Kier molecular flexibility index (Phi) is 3.50. The van der Waals surface area contributed by atoms with Gasteiger partial charge < -0.3 is 4.74 Å². The summed E-state index contributed by atoms with van der Waals surface area (Å²) in [5.41, 5.74) is 0.774.